The number of halogens is 1. The molecule has 120 valence electrons. The maximum Gasteiger partial charge on any atom is 0.0765 e. The molecule has 1 rings (SSSR count). The molecule has 3 nitrogen and oxygen atoms in total. The van der Waals surface area contributed by atoms with Crippen molar-refractivity contribution in [2.45, 2.75) is 46.8 Å². The zero-order valence-electron chi connectivity index (χ0n) is 13.9. The van der Waals surface area contributed by atoms with Crippen LogP contribution in [-0.4, -0.2) is 30.3 Å². The van der Waals surface area contributed by atoms with Crippen LogP contribution in [0, 0.1) is 5.92 Å². The third-order valence-electron chi connectivity index (χ3n) is 3.23. The van der Waals surface area contributed by atoms with E-state index in [0.717, 1.165) is 35.9 Å². The Balaban J connectivity index is 2.75. The quantitative estimate of drug-likeness (QED) is 0.768. The molecule has 0 bridgehead atoms. The molecular formula is C17H29ClN2O. The molecule has 0 spiro atoms. The Morgan fingerprint density at radius 1 is 1.33 bits per heavy atom. The minimum Gasteiger partial charge on any atom is -0.389 e. The van der Waals surface area contributed by atoms with Crippen LogP contribution < -0.4 is 10.2 Å². The summed E-state index contributed by atoms with van der Waals surface area (Å²) in [5.41, 5.74) is 1.44. The van der Waals surface area contributed by atoms with Crippen LogP contribution in [-0.2, 0) is 6.54 Å². The molecule has 0 aliphatic rings. The van der Waals surface area contributed by atoms with Crippen molar-refractivity contribution in [3.05, 3.63) is 28.8 Å². The third kappa shape index (κ3) is 6.68. The molecule has 0 saturated heterocycles. The number of hydrogen-bond acceptors (Lipinski definition) is 3. The molecule has 0 amide bonds. The summed E-state index contributed by atoms with van der Waals surface area (Å²) in [5.74, 6) is 0.630. The van der Waals surface area contributed by atoms with Gasteiger partial charge in [0.25, 0.3) is 0 Å². The fourth-order valence-electron chi connectivity index (χ4n) is 2.22. The van der Waals surface area contributed by atoms with Gasteiger partial charge >= 0.3 is 0 Å². The third-order valence-corrected chi connectivity index (χ3v) is 3.58. The average Bonchev–Trinajstić information content (AvgIpc) is 2.36. The Bertz CT molecular complexity index is 441. The molecule has 0 aromatic heterocycles. The Labute approximate surface area is 134 Å². The average molecular weight is 313 g/mol. The van der Waals surface area contributed by atoms with Crippen LogP contribution in [0.4, 0.5) is 5.69 Å². The molecule has 0 radical (unpaired) electrons. The minimum atomic E-state index is -0.722. The van der Waals surface area contributed by atoms with Gasteiger partial charge in [0.2, 0.25) is 0 Å². The van der Waals surface area contributed by atoms with Crippen molar-refractivity contribution in [2.75, 3.05) is 24.5 Å². The van der Waals surface area contributed by atoms with Gasteiger partial charge in [0, 0.05) is 30.3 Å². The van der Waals surface area contributed by atoms with Gasteiger partial charge in [-0.2, -0.15) is 0 Å². The molecule has 0 fully saturated rings. The highest BCUT2D eigenvalue weighted by atomic mass is 35.5. The van der Waals surface area contributed by atoms with Crippen LogP contribution in [0.3, 0.4) is 0 Å². The highest BCUT2D eigenvalue weighted by Gasteiger charge is 2.18. The lowest BCUT2D eigenvalue weighted by Gasteiger charge is -2.30. The summed E-state index contributed by atoms with van der Waals surface area (Å²) in [5, 5.41) is 14.2. The van der Waals surface area contributed by atoms with Crippen LogP contribution in [0.2, 0.25) is 5.02 Å². The summed E-state index contributed by atoms with van der Waals surface area (Å²) in [7, 11) is 0. The van der Waals surface area contributed by atoms with Crippen molar-refractivity contribution < 1.29 is 5.11 Å². The first-order valence-corrected chi connectivity index (χ1v) is 8.07. The van der Waals surface area contributed by atoms with Crippen molar-refractivity contribution in [1.29, 1.82) is 0 Å². The normalized spacial score (nSPS) is 12.0. The number of likely N-dealkylation sites (N-methyl/N-ethyl adjacent to an activating group) is 1. The van der Waals surface area contributed by atoms with E-state index in [1.165, 1.54) is 0 Å². The number of benzene rings is 1. The maximum absolute atomic E-state index is 9.99. The SMILES string of the molecule is CCN(CC(C)(C)O)c1ccc(CNCC(C)C)c(Cl)c1. The molecule has 0 heterocycles. The monoisotopic (exact) mass is 312 g/mol. The van der Waals surface area contributed by atoms with Gasteiger partial charge in [-0.3, -0.25) is 0 Å². The van der Waals surface area contributed by atoms with E-state index >= 15 is 0 Å². The fourth-order valence-corrected chi connectivity index (χ4v) is 2.47. The smallest absolute Gasteiger partial charge is 0.0765 e. The van der Waals surface area contributed by atoms with Crippen molar-refractivity contribution in [2.24, 2.45) is 5.92 Å². The van der Waals surface area contributed by atoms with Crippen molar-refractivity contribution in [3.63, 3.8) is 0 Å². The van der Waals surface area contributed by atoms with E-state index in [2.05, 4.69) is 43.1 Å². The standard InChI is InChI=1S/C17H29ClN2O/c1-6-20(12-17(4,5)21)15-8-7-14(16(18)9-15)11-19-10-13(2)3/h7-9,13,19,21H,6,10-12H2,1-5H3. The van der Waals surface area contributed by atoms with Gasteiger partial charge in [-0.1, -0.05) is 31.5 Å². The lowest BCUT2D eigenvalue weighted by Crippen LogP contribution is -2.38. The Morgan fingerprint density at radius 3 is 2.48 bits per heavy atom. The lowest BCUT2D eigenvalue weighted by atomic mass is 10.1. The zero-order chi connectivity index (χ0) is 16.0. The second-order valence-electron chi connectivity index (χ2n) is 6.63. The van der Waals surface area contributed by atoms with Gasteiger partial charge in [-0.15, -0.1) is 0 Å². The van der Waals surface area contributed by atoms with Crippen molar-refractivity contribution in [1.82, 2.24) is 5.32 Å². The molecule has 0 unspecified atom stereocenters. The summed E-state index contributed by atoms with van der Waals surface area (Å²) in [6.07, 6.45) is 0. The Morgan fingerprint density at radius 2 is 2.00 bits per heavy atom. The van der Waals surface area contributed by atoms with Crippen LogP contribution in [0.25, 0.3) is 0 Å². The van der Waals surface area contributed by atoms with Gasteiger partial charge in [-0.25, -0.2) is 0 Å². The van der Waals surface area contributed by atoms with E-state index in [1.807, 2.05) is 19.9 Å². The summed E-state index contributed by atoms with van der Waals surface area (Å²) in [4.78, 5) is 2.14. The first kappa shape index (κ1) is 18.3. The molecule has 0 saturated carbocycles. The van der Waals surface area contributed by atoms with Gasteiger partial charge in [-0.05, 0) is 50.9 Å². The number of aliphatic hydroxyl groups is 1. The van der Waals surface area contributed by atoms with Gasteiger partial charge < -0.3 is 15.3 Å². The highest BCUT2D eigenvalue weighted by Crippen LogP contribution is 2.25. The molecule has 1 aromatic rings. The van der Waals surface area contributed by atoms with E-state index in [4.69, 9.17) is 11.6 Å². The van der Waals surface area contributed by atoms with Gasteiger partial charge in [0.1, 0.15) is 0 Å². The zero-order valence-corrected chi connectivity index (χ0v) is 14.7. The predicted octanol–water partition coefficient (Wildman–Crippen LogP) is 3.68. The van der Waals surface area contributed by atoms with Crippen LogP contribution in [0.15, 0.2) is 18.2 Å². The molecular weight excluding hydrogens is 284 g/mol. The predicted molar refractivity (Wildman–Crippen MR) is 92.2 cm³/mol. The summed E-state index contributed by atoms with van der Waals surface area (Å²) in [6, 6.07) is 6.13. The molecule has 4 heteroatoms. The Kier molecular flexibility index (Phi) is 6.98. The van der Waals surface area contributed by atoms with Crippen molar-refractivity contribution in [3.8, 4) is 0 Å². The van der Waals surface area contributed by atoms with E-state index < -0.39 is 5.60 Å². The first-order chi connectivity index (χ1) is 9.73. The second kappa shape index (κ2) is 8.02. The molecule has 0 atom stereocenters. The van der Waals surface area contributed by atoms with E-state index in [9.17, 15) is 5.11 Å². The first-order valence-electron chi connectivity index (χ1n) is 7.69. The maximum atomic E-state index is 9.99. The lowest BCUT2D eigenvalue weighted by molar-refractivity contribution is 0.0876. The number of rotatable bonds is 8. The largest absolute Gasteiger partial charge is 0.389 e. The Hall–Kier alpha value is -0.770. The number of hydrogen-bond donors (Lipinski definition) is 2. The molecule has 2 N–H and O–H groups in total. The highest BCUT2D eigenvalue weighted by molar-refractivity contribution is 6.31. The van der Waals surface area contributed by atoms with Gasteiger partial charge in [0.05, 0.1) is 5.60 Å². The fraction of sp³-hybridized carbons (Fsp3) is 0.647. The van der Waals surface area contributed by atoms with Crippen LogP contribution in [0.1, 0.15) is 40.2 Å². The number of anilines is 1. The number of nitrogens with zero attached hydrogens (tertiary/aromatic N) is 1. The van der Waals surface area contributed by atoms with E-state index in [1.54, 1.807) is 0 Å². The van der Waals surface area contributed by atoms with Gasteiger partial charge in [0.15, 0.2) is 0 Å². The molecule has 0 aliphatic carbocycles. The van der Waals surface area contributed by atoms with E-state index in [-0.39, 0.29) is 0 Å². The second-order valence-corrected chi connectivity index (χ2v) is 7.03. The minimum absolute atomic E-state index is 0.588. The summed E-state index contributed by atoms with van der Waals surface area (Å²) < 4.78 is 0. The summed E-state index contributed by atoms with van der Waals surface area (Å²) >= 11 is 6.39. The topological polar surface area (TPSA) is 35.5 Å². The molecule has 0 aliphatic heterocycles. The number of nitrogens with one attached hydrogen (secondary N) is 1. The molecule has 1 aromatic carbocycles. The van der Waals surface area contributed by atoms with Crippen LogP contribution >= 0.6 is 11.6 Å². The van der Waals surface area contributed by atoms with Crippen molar-refractivity contribution >= 4 is 17.3 Å². The summed E-state index contributed by atoms with van der Waals surface area (Å²) in [6.45, 7) is 13.3. The van der Waals surface area contributed by atoms with Crippen LogP contribution in [0.5, 0.6) is 0 Å². The molecule has 21 heavy (non-hydrogen) atoms. The van der Waals surface area contributed by atoms with E-state index in [0.29, 0.717) is 12.5 Å².